The molecule has 6 heteroatoms. The summed E-state index contributed by atoms with van der Waals surface area (Å²) in [5.74, 6) is -0.174. The number of hydrogen-bond donors (Lipinski definition) is 1. The van der Waals surface area contributed by atoms with E-state index in [-0.39, 0.29) is 18.0 Å². The second kappa shape index (κ2) is 6.59. The van der Waals surface area contributed by atoms with E-state index in [0.717, 1.165) is 0 Å². The first-order valence-electron chi connectivity index (χ1n) is 5.25. The molecule has 0 aliphatic heterocycles. The first-order chi connectivity index (χ1) is 8.13. The van der Waals surface area contributed by atoms with Crippen LogP contribution in [0.3, 0.4) is 0 Å². The van der Waals surface area contributed by atoms with E-state index in [0.29, 0.717) is 18.9 Å². The summed E-state index contributed by atoms with van der Waals surface area (Å²) in [6.45, 7) is 2.80. The summed E-state index contributed by atoms with van der Waals surface area (Å²) >= 11 is 0. The number of non-ortho nitro benzene ring substituents is 1. The third-order valence-electron chi connectivity index (χ3n) is 2.04. The first kappa shape index (κ1) is 13.1. The van der Waals surface area contributed by atoms with Crippen LogP contribution in [-0.4, -0.2) is 24.0 Å². The molecule has 0 spiro atoms. The first-order valence-corrected chi connectivity index (χ1v) is 5.25. The fourth-order valence-corrected chi connectivity index (χ4v) is 1.20. The molecule has 0 bridgehead atoms. The van der Waals surface area contributed by atoms with Crippen molar-refractivity contribution >= 4 is 17.3 Å². The molecule has 0 heterocycles. The van der Waals surface area contributed by atoms with E-state index in [4.69, 9.17) is 4.74 Å². The van der Waals surface area contributed by atoms with Crippen molar-refractivity contribution < 1.29 is 14.5 Å². The van der Waals surface area contributed by atoms with Gasteiger partial charge in [-0.15, -0.1) is 0 Å². The molecule has 0 aliphatic carbocycles. The van der Waals surface area contributed by atoms with Crippen LogP contribution >= 0.6 is 0 Å². The highest BCUT2D eigenvalue weighted by atomic mass is 16.6. The van der Waals surface area contributed by atoms with Gasteiger partial charge in [-0.1, -0.05) is 0 Å². The van der Waals surface area contributed by atoms with Crippen LogP contribution < -0.4 is 5.32 Å². The Balaban J connectivity index is 2.46. The van der Waals surface area contributed by atoms with Crippen molar-refractivity contribution in [2.24, 2.45) is 0 Å². The number of benzene rings is 1. The molecule has 1 aromatic rings. The summed E-state index contributed by atoms with van der Waals surface area (Å²) in [4.78, 5) is 21.3. The average molecular weight is 238 g/mol. The van der Waals surface area contributed by atoms with E-state index in [9.17, 15) is 14.9 Å². The molecular formula is C11H14N2O4. The zero-order chi connectivity index (χ0) is 12.7. The van der Waals surface area contributed by atoms with Gasteiger partial charge in [0, 0.05) is 24.4 Å². The van der Waals surface area contributed by atoms with Gasteiger partial charge in [0.1, 0.15) is 0 Å². The van der Waals surface area contributed by atoms with Gasteiger partial charge in [-0.05, 0) is 19.1 Å². The Hall–Kier alpha value is -1.95. The highest BCUT2D eigenvalue weighted by Gasteiger charge is 2.06. The van der Waals surface area contributed by atoms with E-state index in [1.54, 1.807) is 0 Å². The second-order valence-corrected chi connectivity index (χ2v) is 3.30. The number of hydrogen-bond acceptors (Lipinski definition) is 4. The van der Waals surface area contributed by atoms with E-state index in [2.05, 4.69) is 5.32 Å². The normalized spacial score (nSPS) is 9.94. The van der Waals surface area contributed by atoms with E-state index in [1.807, 2.05) is 6.92 Å². The van der Waals surface area contributed by atoms with Crippen molar-refractivity contribution in [3.8, 4) is 0 Å². The molecule has 1 rings (SSSR count). The molecule has 0 aliphatic rings. The van der Waals surface area contributed by atoms with Crippen molar-refractivity contribution in [3.63, 3.8) is 0 Å². The van der Waals surface area contributed by atoms with Gasteiger partial charge < -0.3 is 10.1 Å². The minimum atomic E-state index is -0.485. The molecule has 0 atom stereocenters. The molecule has 0 aromatic heterocycles. The number of nitro groups is 1. The number of nitrogens with zero attached hydrogens (tertiary/aromatic N) is 1. The minimum absolute atomic E-state index is 0.00249. The monoisotopic (exact) mass is 238 g/mol. The average Bonchev–Trinajstić information content (AvgIpc) is 2.30. The van der Waals surface area contributed by atoms with Gasteiger partial charge in [-0.3, -0.25) is 14.9 Å². The number of ether oxygens (including phenoxy) is 1. The maximum atomic E-state index is 11.4. The zero-order valence-electron chi connectivity index (χ0n) is 9.51. The fourth-order valence-electron chi connectivity index (χ4n) is 1.20. The molecule has 0 radical (unpaired) electrons. The SMILES string of the molecule is CCOCCC(=O)Nc1ccc([N+](=O)[O-])cc1. The number of rotatable bonds is 6. The molecule has 92 valence electrons. The minimum Gasteiger partial charge on any atom is -0.381 e. The van der Waals surface area contributed by atoms with Crippen molar-refractivity contribution in [2.45, 2.75) is 13.3 Å². The second-order valence-electron chi connectivity index (χ2n) is 3.30. The van der Waals surface area contributed by atoms with Crippen molar-refractivity contribution in [1.82, 2.24) is 0 Å². The molecule has 0 saturated heterocycles. The molecule has 17 heavy (non-hydrogen) atoms. The van der Waals surface area contributed by atoms with Crippen molar-refractivity contribution in [1.29, 1.82) is 0 Å². The van der Waals surface area contributed by atoms with Crippen molar-refractivity contribution in [2.75, 3.05) is 18.5 Å². The highest BCUT2D eigenvalue weighted by Crippen LogP contribution is 2.15. The van der Waals surface area contributed by atoms with Crippen LogP contribution in [-0.2, 0) is 9.53 Å². The molecule has 1 N–H and O–H groups in total. The predicted molar refractivity (Wildman–Crippen MR) is 62.8 cm³/mol. The topological polar surface area (TPSA) is 81.5 Å². The maximum absolute atomic E-state index is 11.4. The van der Waals surface area contributed by atoms with Gasteiger partial charge in [0.15, 0.2) is 0 Å². The Morgan fingerprint density at radius 2 is 2.06 bits per heavy atom. The van der Waals surface area contributed by atoms with E-state index in [1.165, 1.54) is 24.3 Å². The fraction of sp³-hybridized carbons (Fsp3) is 0.364. The third-order valence-corrected chi connectivity index (χ3v) is 2.04. The number of nitrogens with one attached hydrogen (secondary N) is 1. The third kappa shape index (κ3) is 4.60. The van der Waals surface area contributed by atoms with Crippen LogP contribution in [0.2, 0.25) is 0 Å². The van der Waals surface area contributed by atoms with Gasteiger partial charge in [-0.2, -0.15) is 0 Å². The number of anilines is 1. The lowest BCUT2D eigenvalue weighted by Crippen LogP contribution is -2.14. The van der Waals surface area contributed by atoms with Crippen LogP contribution in [0.1, 0.15) is 13.3 Å². The quantitative estimate of drug-likeness (QED) is 0.466. The zero-order valence-corrected chi connectivity index (χ0v) is 9.51. The van der Waals surface area contributed by atoms with Crippen LogP contribution in [0.25, 0.3) is 0 Å². The standard InChI is InChI=1S/C11H14N2O4/c1-2-17-8-7-11(14)12-9-3-5-10(6-4-9)13(15)16/h3-6H,2,7-8H2,1H3,(H,12,14). The molecule has 0 fully saturated rings. The predicted octanol–water partition coefficient (Wildman–Crippen LogP) is 1.96. The van der Waals surface area contributed by atoms with Crippen molar-refractivity contribution in [3.05, 3.63) is 34.4 Å². The summed E-state index contributed by atoms with van der Waals surface area (Å²) in [7, 11) is 0. The molecule has 0 unspecified atom stereocenters. The molecule has 1 amide bonds. The Morgan fingerprint density at radius 1 is 1.41 bits per heavy atom. The smallest absolute Gasteiger partial charge is 0.269 e. The van der Waals surface area contributed by atoms with Crippen LogP contribution in [0.4, 0.5) is 11.4 Å². The molecular weight excluding hydrogens is 224 g/mol. The van der Waals surface area contributed by atoms with Gasteiger partial charge in [0.2, 0.25) is 5.91 Å². The summed E-state index contributed by atoms with van der Waals surface area (Å²) in [6.07, 6.45) is 0.269. The lowest BCUT2D eigenvalue weighted by atomic mass is 10.3. The Kier molecular flexibility index (Phi) is 5.09. The van der Waals surface area contributed by atoms with Gasteiger partial charge >= 0.3 is 0 Å². The Morgan fingerprint density at radius 3 is 2.59 bits per heavy atom. The summed E-state index contributed by atoms with van der Waals surface area (Å²) in [5.41, 5.74) is 0.536. The lowest BCUT2D eigenvalue weighted by Gasteiger charge is -2.04. The lowest BCUT2D eigenvalue weighted by molar-refractivity contribution is -0.384. The van der Waals surface area contributed by atoms with Gasteiger partial charge in [0.25, 0.3) is 5.69 Å². The number of nitro benzene ring substituents is 1. The number of amides is 1. The number of carbonyl (C=O) groups excluding carboxylic acids is 1. The van der Waals surface area contributed by atoms with Gasteiger partial charge in [0.05, 0.1) is 18.0 Å². The number of carbonyl (C=O) groups is 1. The molecule has 6 nitrogen and oxygen atoms in total. The van der Waals surface area contributed by atoms with Crippen LogP contribution in [0.15, 0.2) is 24.3 Å². The van der Waals surface area contributed by atoms with Crippen LogP contribution in [0, 0.1) is 10.1 Å². The van der Waals surface area contributed by atoms with Crippen LogP contribution in [0.5, 0.6) is 0 Å². The van der Waals surface area contributed by atoms with E-state index < -0.39 is 4.92 Å². The maximum Gasteiger partial charge on any atom is 0.269 e. The Labute approximate surface area is 98.7 Å². The Bertz CT molecular complexity index is 389. The summed E-state index contributed by atoms with van der Waals surface area (Å²) in [6, 6.07) is 5.68. The summed E-state index contributed by atoms with van der Waals surface area (Å²) < 4.78 is 5.04. The molecule has 1 aromatic carbocycles. The van der Waals surface area contributed by atoms with Gasteiger partial charge in [-0.25, -0.2) is 0 Å². The largest absolute Gasteiger partial charge is 0.381 e. The summed E-state index contributed by atoms with van der Waals surface area (Å²) in [5, 5.41) is 13.0. The molecule has 0 saturated carbocycles. The van der Waals surface area contributed by atoms with E-state index >= 15 is 0 Å². The highest BCUT2D eigenvalue weighted by molar-refractivity contribution is 5.90.